The van der Waals surface area contributed by atoms with Gasteiger partial charge in [-0.25, -0.2) is 4.79 Å². The van der Waals surface area contributed by atoms with E-state index in [0.29, 0.717) is 5.69 Å². The van der Waals surface area contributed by atoms with E-state index in [1.54, 1.807) is 0 Å². The van der Waals surface area contributed by atoms with Crippen LogP contribution in [0.1, 0.15) is 31.0 Å². The highest BCUT2D eigenvalue weighted by atomic mass is 19.4. The molecule has 0 saturated carbocycles. The predicted octanol–water partition coefficient (Wildman–Crippen LogP) is 3.31. The van der Waals surface area contributed by atoms with E-state index in [-0.39, 0.29) is 11.6 Å². The van der Waals surface area contributed by atoms with Gasteiger partial charge in [-0.1, -0.05) is 26.0 Å². The molecule has 1 N–H and O–H groups in total. The maximum atomic E-state index is 13.0. The molecule has 0 fully saturated rings. The Labute approximate surface area is 107 Å². The zero-order valence-corrected chi connectivity index (χ0v) is 10.5. The third-order valence-corrected chi connectivity index (χ3v) is 2.85. The Morgan fingerprint density at radius 3 is 2.42 bits per heavy atom. The van der Waals surface area contributed by atoms with Crippen molar-refractivity contribution in [3.8, 4) is 5.69 Å². The summed E-state index contributed by atoms with van der Waals surface area (Å²) in [4.78, 5) is 14.2. The van der Waals surface area contributed by atoms with E-state index >= 15 is 0 Å². The molecule has 102 valence electrons. The summed E-state index contributed by atoms with van der Waals surface area (Å²) in [6.45, 7) is 3.63. The molecule has 0 bridgehead atoms. The van der Waals surface area contributed by atoms with Crippen LogP contribution in [0.2, 0.25) is 0 Å². The van der Waals surface area contributed by atoms with Crippen LogP contribution in [0.3, 0.4) is 0 Å². The molecule has 0 aliphatic carbocycles. The molecule has 1 aromatic heterocycles. The van der Waals surface area contributed by atoms with Crippen molar-refractivity contribution in [2.45, 2.75) is 25.9 Å². The molecule has 6 heteroatoms. The molecule has 0 unspecified atom stereocenters. The maximum Gasteiger partial charge on any atom is 0.418 e. The van der Waals surface area contributed by atoms with Crippen molar-refractivity contribution in [1.82, 2.24) is 9.55 Å². The second kappa shape index (κ2) is 4.60. The van der Waals surface area contributed by atoms with Gasteiger partial charge in [0, 0.05) is 11.9 Å². The van der Waals surface area contributed by atoms with Crippen molar-refractivity contribution >= 4 is 0 Å². The van der Waals surface area contributed by atoms with Crippen LogP contribution >= 0.6 is 0 Å². The molecule has 0 aliphatic heterocycles. The van der Waals surface area contributed by atoms with Gasteiger partial charge in [0.05, 0.1) is 11.3 Å². The first-order chi connectivity index (χ1) is 8.82. The zero-order chi connectivity index (χ0) is 14.2. The fourth-order valence-corrected chi connectivity index (χ4v) is 1.96. The van der Waals surface area contributed by atoms with Gasteiger partial charge in [-0.3, -0.25) is 4.57 Å². The predicted molar refractivity (Wildman–Crippen MR) is 65.5 cm³/mol. The lowest BCUT2D eigenvalue weighted by Gasteiger charge is -2.15. The number of hydrogen-bond acceptors (Lipinski definition) is 1. The molecule has 1 heterocycles. The molecule has 1 aromatic carbocycles. The van der Waals surface area contributed by atoms with Gasteiger partial charge in [0.1, 0.15) is 0 Å². The average molecular weight is 270 g/mol. The summed E-state index contributed by atoms with van der Waals surface area (Å²) in [6, 6.07) is 5.05. The Morgan fingerprint density at radius 2 is 1.84 bits per heavy atom. The van der Waals surface area contributed by atoms with E-state index in [0.717, 1.165) is 10.6 Å². The van der Waals surface area contributed by atoms with Crippen LogP contribution in [0, 0.1) is 0 Å². The van der Waals surface area contributed by atoms with E-state index in [4.69, 9.17) is 0 Å². The third-order valence-electron chi connectivity index (χ3n) is 2.85. The first-order valence-electron chi connectivity index (χ1n) is 5.79. The van der Waals surface area contributed by atoms with Crippen LogP contribution < -0.4 is 5.69 Å². The van der Waals surface area contributed by atoms with Gasteiger partial charge in [0.25, 0.3) is 0 Å². The highest BCUT2D eigenvalue weighted by Crippen LogP contribution is 2.34. The lowest BCUT2D eigenvalue weighted by Crippen LogP contribution is -2.21. The second-order valence-corrected chi connectivity index (χ2v) is 4.52. The van der Waals surface area contributed by atoms with Crippen LogP contribution in [0.5, 0.6) is 0 Å². The molecule has 0 saturated heterocycles. The number of nitrogens with zero attached hydrogens (tertiary/aromatic N) is 1. The summed E-state index contributed by atoms with van der Waals surface area (Å²) >= 11 is 0. The number of H-pyrrole nitrogens is 1. The molecular formula is C13H13F3N2O. The number of imidazole rings is 1. The number of alkyl halides is 3. The number of nitrogens with one attached hydrogen (secondary N) is 1. The van der Waals surface area contributed by atoms with Crippen LogP contribution in [0.4, 0.5) is 13.2 Å². The van der Waals surface area contributed by atoms with E-state index in [9.17, 15) is 18.0 Å². The number of benzene rings is 1. The van der Waals surface area contributed by atoms with Crippen molar-refractivity contribution in [2.24, 2.45) is 0 Å². The number of aromatic amines is 1. The van der Waals surface area contributed by atoms with Gasteiger partial charge in [0.2, 0.25) is 0 Å². The number of aromatic nitrogens is 2. The molecule has 3 nitrogen and oxygen atoms in total. The molecule has 0 spiro atoms. The largest absolute Gasteiger partial charge is 0.418 e. The van der Waals surface area contributed by atoms with Gasteiger partial charge in [0.15, 0.2) is 0 Å². The minimum absolute atomic E-state index is 0.0692. The summed E-state index contributed by atoms with van der Waals surface area (Å²) in [7, 11) is 0. The molecule has 0 amide bonds. The molecule has 2 rings (SSSR count). The Bertz CT molecular complexity index is 638. The third kappa shape index (κ3) is 2.43. The highest BCUT2D eigenvalue weighted by molar-refractivity contribution is 5.44. The van der Waals surface area contributed by atoms with Gasteiger partial charge in [-0.2, -0.15) is 13.2 Å². The summed E-state index contributed by atoms with van der Waals surface area (Å²) < 4.78 is 40.0. The van der Waals surface area contributed by atoms with Crippen molar-refractivity contribution in [3.05, 3.63) is 52.2 Å². The van der Waals surface area contributed by atoms with Crippen molar-refractivity contribution in [3.63, 3.8) is 0 Å². The number of hydrogen-bond donors (Lipinski definition) is 1. The lowest BCUT2D eigenvalue weighted by molar-refractivity contribution is -0.137. The standard InChI is InChI=1S/C13H13F3N2O/c1-8(2)11-7-17-12(19)18(11)10-6-4-3-5-9(10)13(14,15)16/h3-8H,1-2H3,(H,17,19). The van der Waals surface area contributed by atoms with Gasteiger partial charge < -0.3 is 4.98 Å². The van der Waals surface area contributed by atoms with Crippen LogP contribution in [0.15, 0.2) is 35.3 Å². The van der Waals surface area contributed by atoms with Crippen LogP contribution in [-0.4, -0.2) is 9.55 Å². The fourth-order valence-electron chi connectivity index (χ4n) is 1.96. The normalized spacial score (nSPS) is 12.1. The zero-order valence-electron chi connectivity index (χ0n) is 10.5. The topological polar surface area (TPSA) is 37.8 Å². The molecule has 0 atom stereocenters. The quantitative estimate of drug-likeness (QED) is 0.893. The van der Waals surface area contributed by atoms with Crippen molar-refractivity contribution < 1.29 is 13.2 Å². The van der Waals surface area contributed by atoms with Gasteiger partial charge >= 0.3 is 11.9 Å². The Hall–Kier alpha value is -1.98. The molecule has 0 radical (unpaired) electrons. The minimum Gasteiger partial charge on any atom is -0.312 e. The maximum absolute atomic E-state index is 13.0. The SMILES string of the molecule is CC(C)c1c[nH]c(=O)n1-c1ccccc1C(F)(F)F. The van der Waals surface area contributed by atoms with Crippen molar-refractivity contribution in [2.75, 3.05) is 0 Å². The number of rotatable bonds is 2. The average Bonchev–Trinajstić information content (AvgIpc) is 2.70. The Balaban J connectivity index is 2.74. The first kappa shape index (κ1) is 13.5. The van der Waals surface area contributed by atoms with E-state index in [1.807, 2.05) is 13.8 Å². The smallest absolute Gasteiger partial charge is 0.312 e. The summed E-state index contributed by atoms with van der Waals surface area (Å²) in [5, 5.41) is 0. The van der Waals surface area contributed by atoms with Crippen molar-refractivity contribution in [1.29, 1.82) is 0 Å². The van der Waals surface area contributed by atoms with Gasteiger partial charge in [-0.05, 0) is 18.1 Å². The second-order valence-electron chi connectivity index (χ2n) is 4.52. The fraction of sp³-hybridized carbons (Fsp3) is 0.308. The molecular weight excluding hydrogens is 257 g/mol. The van der Waals surface area contributed by atoms with Gasteiger partial charge in [-0.15, -0.1) is 0 Å². The summed E-state index contributed by atoms with van der Waals surface area (Å²) in [5.41, 5.74) is -1.02. The highest BCUT2D eigenvalue weighted by Gasteiger charge is 2.34. The molecule has 19 heavy (non-hydrogen) atoms. The monoisotopic (exact) mass is 270 g/mol. The summed E-state index contributed by atoms with van der Waals surface area (Å²) in [5.74, 6) is -0.0692. The number of halogens is 3. The van der Waals surface area contributed by atoms with E-state index in [2.05, 4.69) is 4.98 Å². The summed E-state index contributed by atoms with van der Waals surface area (Å²) in [6.07, 6.45) is -3.05. The minimum atomic E-state index is -4.50. The van der Waals surface area contributed by atoms with E-state index in [1.165, 1.54) is 24.4 Å². The molecule has 0 aliphatic rings. The van der Waals surface area contributed by atoms with Crippen LogP contribution in [0.25, 0.3) is 5.69 Å². The Kier molecular flexibility index (Phi) is 3.26. The molecule has 2 aromatic rings. The number of para-hydroxylation sites is 1. The Morgan fingerprint density at radius 1 is 1.21 bits per heavy atom. The van der Waals surface area contributed by atoms with Crippen LogP contribution in [-0.2, 0) is 6.18 Å². The lowest BCUT2D eigenvalue weighted by atomic mass is 10.1. The first-order valence-corrected chi connectivity index (χ1v) is 5.79. The van der Waals surface area contributed by atoms with E-state index < -0.39 is 17.4 Å².